The Morgan fingerprint density at radius 1 is 1.42 bits per heavy atom. The highest BCUT2D eigenvalue weighted by Crippen LogP contribution is 2.37. The number of carbonyl (C=O) groups excluding carboxylic acids is 1. The summed E-state index contributed by atoms with van der Waals surface area (Å²) in [6.07, 6.45) is 5.24. The van der Waals surface area contributed by atoms with Gasteiger partial charge in [0.05, 0.1) is 12.0 Å². The molecule has 2 rings (SSSR count). The van der Waals surface area contributed by atoms with Gasteiger partial charge in [-0.25, -0.2) is 0 Å². The van der Waals surface area contributed by atoms with Crippen molar-refractivity contribution in [1.29, 1.82) is 0 Å². The average Bonchev–Trinajstić information content (AvgIpc) is 2.84. The van der Waals surface area contributed by atoms with Crippen molar-refractivity contribution in [1.82, 2.24) is 4.90 Å². The van der Waals surface area contributed by atoms with Crippen molar-refractivity contribution in [3.8, 4) is 0 Å². The summed E-state index contributed by atoms with van der Waals surface area (Å²) < 4.78 is 6.14. The predicted molar refractivity (Wildman–Crippen MR) is 77.5 cm³/mol. The van der Waals surface area contributed by atoms with E-state index in [9.17, 15) is 4.79 Å². The molecule has 0 spiro atoms. The van der Waals surface area contributed by atoms with Gasteiger partial charge in [-0.2, -0.15) is 0 Å². The van der Waals surface area contributed by atoms with Crippen molar-refractivity contribution >= 4 is 21.8 Å². The highest BCUT2D eigenvalue weighted by Gasteiger charge is 2.40. The molecule has 2 N–H and O–H groups in total. The molecule has 0 unspecified atom stereocenters. The molecule has 1 heterocycles. The lowest BCUT2D eigenvalue weighted by molar-refractivity contribution is -0.143. The summed E-state index contributed by atoms with van der Waals surface area (Å²) in [7, 11) is 1.82. The van der Waals surface area contributed by atoms with E-state index < -0.39 is 0 Å². The van der Waals surface area contributed by atoms with Gasteiger partial charge in [-0.05, 0) is 40.9 Å². The van der Waals surface area contributed by atoms with Crippen LogP contribution in [0.2, 0.25) is 0 Å². The third-order valence-corrected chi connectivity index (χ3v) is 4.45. The number of nitrogens with zero attached hydrogens (tertiary/aromatic N) is 1. The van der Waals surface area contributed by atoms with Crippen LogP contribution in [0.5, 0.6) is 0 Å². The number of rotatable bonds is 4. The summed E-state index contributed by atoms with van der Waals surface area (Å²) in [5.41, 5.74) is 5.55. The number of halogens is 1. The molecule has 1 saturated carbocycles. The molecule has 0 atom stereocenters. The highest BCUT2D eigenvalue weighted by atomic mass is 79.9. The van der Waals surface area contributed by atoms with E-state index >= 15 is 0 Å². The van der Waals surface area contributed by atoms with E-state index in [2.05, 4.69) is 15.9 Å². The third kappa shape index (κ3) is 3.20. The van der Waals surface area contributed by atoms with E-state index in [1.54, 1.807) is 4.90 Å². The maximum Gasteiger partial charge on any atom is 0.230 e. The van der Waals surface area contributed by atoms with Crippen LogP contribution >= 0.6 is 15.9 Å². The smallest absolute Gasteiger partial charge is 0.230 e. The average molecular weight is 329 g/mol. The third-order valence-electron chi connectivity index (χ3n) is 4.02. The minimum Gasteiger partial charge on any atom is -0.452 e. The first-order valence-electron chi connectivity index (χ1n) is 6.77. The molecule has 1 aliphatic rings. The summed E-state index contributed by atoms with van der Waals surface area (Å²) in [6.45, 7) is 0.935. The Labute approximate surface area is 122 Å². The summed E-state index contributed by atoms with van der Waals surface area (Å²) in [6, 6.07) is 3.72. The van der Waals surface area contributed by atoms with Crippen molar-refractivity contribution in [2.75, 3.05) is 13.6 Å². The fourth-order valence-corrected chi connectivity index (χ4v) is 3.22. The van der Waals surface area contributed by atoms with Gasteiger partial charge in [0, 0.05) is 13.6 Å². The fraction of sp³-hybridized carbons (Fsp3) is 0.643. The van der Waals surface area contributed by atoms with Crippen LogP contribution in [0.25, 0.3) is 0 Å². The first-order valence-corrected chi connectivity index (χ1v) is 7.56. The number of hydrogen-bond acceptors (Lipinski definition) is 3. The Hall–Kier alpha value is -0.810. The lowest BCUT2D eigenvalue weighted by Crippen LogP contribution is -2.47. The summed E-state index contributed by atoms with van der Waals surface area (Å²) in [5.74, 6) is 0.938. The van der Waals surface area contributed by atoms with Gasteiger partial charge >= 0.3 is 0 Å². The Balaban J connectivity index is 2.04. The molecule has 106 valence electrons. The summed E-state index contributed by atoms with van der Waals surface area (Å²) in [4.78, 5) is 14.4. The number of amides is 1. The number of nitrogens with two attached hydrogens (primary N) is 1. The molecule has 1 fully saturated rings. The van der Waals surface area contributed by atoms with Crippen LogP contribution in [-0.4, -0.2) is 24.4 Å². The normalized spacial score (nSPS) is 18.3. The molecule has 0 saturated heterocycles. The van der Waals surface area contributed by atoms with Crippen LogP contribution in [0.1, 0.15) is 37.9 Å². The molecule has 4 nitrogen and oxygen atoms in total. The fourth-order valence-electron chi connectivity index (χ4n) is 2.88. The second-order valence-corrected chi connectivity index (χ2v) is 6.19. The summed E-state index contributed by atoms with van der Waals surface area (Å²) >= 11 is 3.27. The zero-order valence-corrected chi connectivity index (χ0v) is 12.9. The zero-order chi connectivity index (χ0) is 13.9. The largest absolute Gasteiger partial charge is 0.452 e. The molecule has 5 heteroatoms. The maximum atomic E-state index is 12.7. The molecule has 0 radical (unpaired) electrons. The molecule has 0 aliphatic heterocycles. The van der Waals surface area contributed by atoms with E-state index in [1.165, 1.54) is 6.42 Å². The van der Waals surface area contributed by atoms with Crippen LogP contribution in [0.3, 0.4) is 0 Å². The van der Waals surface area contributed by atoms with Crippen molar-refractivity contribution in [2.24, 2.45) is 11.1 Å². The SMILES string of the molecule is CN(Cc1ccc(Br)o1)C(=O)C1(CN)CCCCC1. The molecule has 1 amide bonds. The minimum atomic E-state index is -0.350. The molecule has 1 aromatic rings. The summed E-state index contributed by atoms with van der Waals surface area (Å²) in [5, 5.41) is 0. The molecule has 0 bridgehead atoms. The number of carbonyl (C=O) groups is 1. The van der Waals surface area contributed by atoms with Crippen LogP contribution in [-0.2, 0) is 11.3 Å². The van der Waals surface area contributed by atoms with E-state index in [1.807, 2.05) is 19.2 Å². The molecule has 1 aliphatic carbocycles. The lowest BCUT2D eigenvalue weighted by Gasteiger charge is -2.37. The number of hydrogen-bond donors (Lipinski definition) is 1. The van der Waals surface area contributed by atoms with Crippen LogP contribution in [0.15, 0.2) is 21.2 Å². The Morgan fingerprint density at radius 2 is 2.11 bits per heavy atom. The molecular weight excluding hydrogens is 308 g/mol. The van der Waals surface area contributed by atoms with Gasteiger partial charge in [0.1, 0.15) is 5.76 Å². The van der Waals surface area contributed by atoms with Gasteiger partial charge in [-0.15, -0.1) is 0 Å². The van der Waals surface area contributed by atoms with Crippen molar-refractivity contribution in [3.05, 3.63) is 22.6 Å². The first kappa shape index (κ1) is 14.6. The van der Waals surface area contributed by atoms with Crippen molar-refractivity contribution < 1.29 is 9.21 Å². The molecule has 19 heavy (non-hydrogen) atoms. The van der Waals surface area contributed by atoms with E-state index in [0.29, 0.717) is 17.8 Å². The Kier molecular flexibility index (Phi) is 4.68. The standard InChI is InChI=1S/C14H21BrN2O2/c1-17(9-11-5-6-12(15)19-11)13(18)14(10-16)7-3-2-4-8-14/h5-6H,2-4,7-10,16H2,1H3. The molecule has 1 aromatic heterocycles. The molecule has 0 aromatic carbocycles. The lowest BCUT2D eigenvalue weighted by atomic mass is 9.73. The van der Waals surface area contributed by atoms with Gasteiger partial charge in [-0.3, -0.25) is 4.79 Å². The monoisotopic (exact) mass is 328 g/mol. The first-order chi connectivity index (χ1) is 9.07. The predicted octanol–water partition coefficient (Wildman–Crippen LogP) is 2.91. The Bertz CT molecular complexity index is 438. The second kappa shape index (κ2) is 6.09. The topological polar surface area (TPSA) is 59.5 Å². The van der Waals surface area contributed by atoms with Crippen LogP contribution in [0, 0.1) is 5.41 Å². The quantitative estimate of drug-likeness (QED) is 0.924. The van der Waals surface area contributed by atoms with Gasteiger partial charge in [0.15, 0.2) is 4.67 Å². The molecular formula is C14H21BrN2O2. The second-order valence-electron chi connectivity index (χ2n) is 5.41. The number of furan rings is 1. The van der Waals surface area contributed by atoms with Gasteiger partial charge in [0.25, 0.3) is 0 Å². The van der Waals surface area contributed by atoms with Gasteiger partial charge < -0.3 is 15.1 Å². The van der Waals surface area contributed by atoms with Crippen LogP contribution in [0.4, 0.5) is 0 Å². The van der Waals surface area contributed by atoms with E-state index in [4.69, 9.17) is 10.2 Å². The minimum absolute atomic E-state index is 0.155. The van der Waals surface area contributed by atoms with Gasteiger partial charge in [-0.1, -0.05) is 19.3 Å². The van der Waals surface area contributed by atoms with E-state index in [0.717, 1.165) is 31.4 Å². The van der Waals surface area contributed by atoms with Gasteiger partial charge in [0.2, 0.25) is 5.91 Å². The highest BCUT2D eigenvalue weighted by molar-refractivity contribution is 9.10. The van der Waals surface area contributed by atoms with Crippen molar-refractivity contribution in [2.45, 2.75) is 38.6 Å². The van der Waals surface area contributed by atoms with Crippen LogP contribution < -0.4 is 5.73 Å². The van der Waals surface area contributed by atoms with E-state index in [-0.39, 0.29) is 11.3 Å². The zero-order valence-electron chi connectivity index (χ0n) is 11.3. The Morgan fingerprint density at radius 3 is 2.63 bits per heavy atom. The maximum absolute atomic E-state index is 12.7. The van der Waals surface area contributed by atoms with Crippen molar-refractivity contribution in [3.63, 3.8) is 0 Å².